The van der Waals surface area contributed by atoms with Crippen LogP contribution in [0.2, 0.25) is 0 Å². The number of fused-ring (bicyclic) bond motifs is 1. The third-order valence-corrected chi connectivity index (χ3v) is 6.39. The van der Waals surface area contributed by atoms with E-state index in [9.17, 15) is 8.42 Å². The Morgan fingerprint density at radius 3 is 2.65 bits per heavy atom. The van der Waals surface area contributed by atoms with Crippen LogP contribution in [-0.4, -0.2) is 37.8 Å². The molecule has 6 heteroatoms. The van der Waals surface area contributed by atoms with Crippen LogP contribution >= 0.6 is 0 Å². The summed E-state index contributed by atoms with van der Waals surface area (Å²) in [6.07, 6.45) is 3.50. The van der Waals surface area contributed by atoms with Crippen LogP contribution in [0.3, 0.4) is 0 Å². The van der Waals surface area contributed by atoms with Crippen LogP contribution in [0.4, 0.5) is 5.69 Å². The van der Waals surface area contributed by atoms with Crippen molar-refractivity contribution in [1.29, 1.82) is 0 Å². The third-order valence-electron chi connectivity index (χ3n) is 5.01. The molecule has 3 rings (SSSR count). The first-order chi connectivity index (χ1) is 10.9. The van der Waals surface area contributed by atoms with Gasteiger partial charge in [0.15, 0.2) is 0 Å². The van der Waals surface area contributed by atoms with Gasteiger partial charge in [0.25, 0.3) is 10.0 Å². The molecule has 5 nitrogen and oxygen atoms in total. The molecule has 0 radical (unpaired) electrons. The van der Waals surface area contributed by atoms with E-state index < -0.39 is 10.0 Å². The Morgan fingerprint density at radius 1 is 1.30 bits per heavy atom. The second-order valence-electron chi connectivity index (χ2n) is 6.66. The number of benzene rings is 1. The molecule has 1 aliphatic carbocycles. The molecule has 1 aromatic rings. The lowest BCUT2D eigenvalue weighted by atomic mass is 9.99. The molecule has 0 bridgehead atoms. The predicted molar refractivity (Wildman–Crippen MR) is 93.3 cm³/mol. The van der Waals surface area contributed by atoms with Crippen molar-refractivity contribution < 1.29 is 8.42 Å². The number of amidine groups is 1. The summed E-state index contributed by atoms with van der Waals surface area (Å²) < 4.78 is 28.7. The van der Waals surface area contributed by atoms with Gasteiger partial charge in [0.1, 0.15) is 10.7 Å². The van der Waals surface area contributed by atoms with E-state index >= 15 is 0 Å². The molecule has 0 amide bonds. The highest BCUT2D eigenvalue weighted by molar-refractivity contribution is 7.90. The Bertz CT molecular complexity index is 710. The quantitative estimate of drug-likeness (QED) is 0.868. The van der Waals surface area contributed by atoms with Crippen LogP contribution < -0.4 is 5.32 Å². The predicted octanol–water partition coefficient (Wildman–Crippen LogP) is 3.10. The maximum Gasteiger partial charge on any atom is 0.286 e. The average molecular weight is 335 g/mol. The largest absolute Gasteiger partial charge is 0.341 e. The summed E-state index contributed by atoms with van der Waals surface area (Å²) in [4.78, 5) is 2.67. The topological polar surface area (TPSA) is 61.8 Å². The van der Waals surface area contributed by atoms with Gasteiger partial charge in [-0.1, -0.05) is 32.4 Å². The van der Waals surface area contributed by atoms with E-state index in [4.69, 9.17) is 0 Å². The number of sulfonamides is 1. The van der Waals surface area contributed by atoms with Gasteiger partial charge in [-0.2, -0.15) is 8.42 Å². The lowest BCUT2D eigenvalue weighted by Gasteiger charge is -2.34. The standard InChI is InChI=1S/C17H25N3O2S/c1-4-12(2)13(3)20(14-9-10-14)11-17-18-15-7-5-6-8-16(15)23(21,22)19-17/h5-8,12-14H,4,9-11H2,1-3H3,(H,18,19)/t12-,13+/m0/s1. The molecule has 126 valence electrons. The summed E-state index contributed by atoms with van der Waals surface area (Å²) in [6.45, 7) is 7.24. The molecule has 0 unspecified atom stereocenters. The first kappa shape index (κ1) is 16.5. The van der Waals surface area contributed by atoms with Crippen molar-refractivity contribution in [2.24, 2.45) is 10.3 Å². The molecule has 1 fully saturated rings. The number of nitrogens with zero attached hydrogens (tertiary/aromatic N) is 2. The third kappa shape index (κ3) is 3.43. The number of para-hydroxylation sites is 1. The second kappa shape index (κ2) is 6.24. The van der Waals surface area contributed by atoms with Gasteiger partial charge in [-0.15, -0.1) is 4.40 Å². The van der Waals surface area contributed by atoms with Gasteiger partial charge in [-0.05, 0) is 37.8 Å². The minimum atomic E-state index is -3.59. The molecule has 0 aromatic heterocycles. The Hall–Kier alpha value is -1.40. The Labute approximate surface area is 138 Å². The Morgan fingerprint density at radius 2 is 2.00 bits per heavy atom. The molecule has 23 heavy (non-hydrogen) atoms. The van der Waals surface area contributed by atoms with Crippen molar-refractivity contribution >= 4 is 21.5 Å². The molecule has 1 saturated carbocycles. The molecule has 1 N–H and O–H groups in total. The van der Waals surface area contributed by atoms with Crippen LogP contribution in [-0.2, 0) is 10.0 Å². The summed E-state index contributed by atoms with van der Waals surface area (Å²) in [6, 6.07) is 7.92. The molecule has 0 saturated heterocycles. The number of hydrogen-bond acceptors (Lipinski definition) is 4. The molecule has 2 atom stereocenters. The number of anilines is 1. The second-order valence-corrected chi connectivity index (χ2v) is 8.24. The van der Waals surface area contributed by atoms with E-state index in [2.05, 4.69) is 35.4 Å². The van der Waals surface area contributed by atoms with E-state index in [0.717, 1.165) is 6.42 Å². The van der Waals surface area contributed by atoms with Crippen molar-refractivity contribution in [3.63, 3.8) is 0 Å². The Kier molecular flexibility index (Phi) is 4.47. The van der Waals surface area contributed by atoms with Gasteiger partial charge in [0.2, 0.25) is 0 Å². The molecule has 2 aliphatic rings. The van der Waals surface area contributed by atoms with Crippen molar-refractivity contribution in [1.82, 2.24) is 4.90 Å². The summed E-state index contributed by atoms with van der Waals surface area (Å²) in [5.41, 5.74) is 0.629. The molecule has 1 aliphatic heterocycles. The smallest absolute Gasteiger partial charge is 0.286 e. The van der Waals surface area contributed by atoms with Gasteiger partial charge < -0.3 is 5.32 Å². The van der Waals surface area contributed by atoms with E-state index in [0.29, 0.717) is 36.1 Å². The normalized spacial score (nSPS) is 22.0. The van der Waals surface area contributed by atoms with Crippen molar-refractivity contribution in [2.45, 2.75) is 57.0 Å². The van der Waals surface area contributed by atoms with Gasteiger partial charge in [-0.25, -0.2) is 0 Å². The van der Waals surface area contributed by atoms with Crippen molar-refractivity contribution in [3.8, 4) is 0 Å². The fourth-order valence-corrected chi connectivity index (χ4v) is 4.23. The van der Waals surface area contributed by atoms with Crippen molar-refractivity contribution in [2.75, 3.05) is 11.9 Å². The minimum absolute atomic E-state index is 0.261. The summed E-state index contributed by atoms with van der Waals surface area (Å²) in [5.74, 6) is 1.11. The summed E-state index contributed by atoms with van der Waals surface area (Å²) in [7, 11) is -3.59. The van der Waals surface area contributed by atoms with Gasteiger partial charge >= 0.3 is 0 Å². The fourth-order valence-electron chi connectivity index (χ4n) is 3.09. The molecule has 1 aromatic carbocycles. The first-order valence-corrected chi connectivity index (χ1v) is 9.82. The molecule has 0 spiro atoms. The lowest BCUT2D eigenvalue weighted by molar-refractivity contribution is 0.172. The SMILES string of the molecule is CC[C@H](C)[C@@H](C)N(CC1=NS(=O)(=O)c2ccccc2N1)C1CC1. The number of hydrogen-bond donors (Lipinski definition) is 1. The Balaban J connectivity index is 1.83. The zero-order valence-electron chi connectivity index (χ0n) is 14.0. The van der Waals surface area contributed by atoms with E-state index in [1.54, 1.807) is 18.2 Å². The van der Waals surface area contributed by atoms with Crippen LogP contribution in [0.15, 0.2) is 33.6 Å². The first-order valence-electron chi connectivity index (χ1n) is 8.38. The molecular weight excluding hydrogens is 310 g/mol. The van der Waals surface area contributed by atoms with Crippen LogP contribution in [0.5, 0.6) is 0 Å². The zero-order chi connectivity index (χ0) is 16.6. The average Bonchev–Trinajstić information content (AvgIpc) is 3.35. The van der Waals surface area contributed by atoms with Gasteiger partial charge in [0.05, 0.1) is 12.2 Å². The van der Waals surface area contributed by atoms with Crippen LogP contribution in [0.1, 0.15) is 40.0 Å². The van der Waals surface area contributed by atoms with Crippen LogP contribution in [0.25, 0.3) is 0 Å². The minimum Gasteiger partial charge on any atom is -0.341 e. The highest BCUT2D eigenvalue weighted by Gasteiger charge is 2.35. The molecule has 1 heterocycles. The van der Waals surface area contributed by atoms with E-state index in [1.165, 1.54) is 12.8 Å². The van der Waals surface area contributed by atoms with Crippen LogP contribution in [0, 0.1) is 5.92 Å². The van der Waals surface area contributed by atoms with Gasteiger partial charge in [-0.3, -0.25) is 4.90 Å². The molecular formula is C17H25N3O2S. The zero-order valence-corrected chi connectivity index (χ0v) is 14.8. The van der Waals surface area contributed by atoms with E-state index in [-0.39, 0.29) is 4.90 Å². The number of rotatable bonds is 6. The fraction of sp³-hybridized carbons (Fsp3) is 0.588. The maximum atomic E-state index is 12.4. The van der Waals surface area contributed by atoms with Gasteiger partial charge in [0, 0.05) is 12.1 Å². The summed E-state index contributed by atoms with van der Waals surface area (Å²) >= 11 is 0. The highest BCUT2D eigenvalue weighted by Crippen LogP contribution is 2.32. The monoisotopic (exact) mass is 335 g/mol. The highest BCUT2D eigenvalue weighted by atomic mass is 32.2. The maximum absolute atomic E-state index is 12.4. The number of nitrogens with one attached hydrogen (secondary N) is 1. The lowest BCUT2D eigenvalue weighted by Crippen LogP contribution is -2.44. The van der Waals surface area contributed by atoms with Crippen molar-refractivity contribution in [3.05, 3.63) is 24.3 Å². The van der Waals surface area contributed by atoms with E-state index in [1.807, 2.05) is 6.07 Å². The summed E-state index contributed by atoms with van der Waals surface area (Å²) in [5, 5.41) is 3.21.